The molecule has 0 unspecified atom stereocenters. The maximum Gasteiger partial charge on any atom is 0.270 e. The number of hydrogen-bond acceptors (Lipinski definition) is 7. The number of benzene rings is 22. The molecule has 0 atom stereocenters. The Hall–Kier alpha value is -17.3. The van der Waals surface area contributed by atoms with Gasteiger partial charge in [-0.3, -0.25) is 0 Å². The molecular weight excluding hydrogens is 1810 g/mol. The summed E-state index contributed by atoms with van der Waals surface area (Å²) < 4.78 is 32.7. The van der Waals surface area contributed by atoms with Crippen LogP contribution in [0.25, 0.3) is 145 Å². The molecular formula is C136H87B3O5S2. The Morgan fingerprint density at radius 2 is 0.384 bits per heavy atom. The maximum absolute atomic E-state index is 6.60. The molecule has 0 saturated carbocycles. The summed E-state index contributed by atoms with van der Waals surface area (Å²) >= 11 is 3.88. The van der Waals surface area contributed by atoms with Crippen LogP contribution in [0.4, 0.5) is 0 Å². The lowest BCUT2D eigenvalue weighted by molar-refractivity contribution is 0.443. The van der Waals surface area contributed by atoms with Crippen molar-refractivity contribution in [1.29, 1.82) is 0 Å². The van der Waals surface area contributed by atoms with Gasteiger partial charge in [-0.05, 0) is 323 Å². The average Bonchev–Trinajstić information content (AvgIpc) is 1.18. The van der Waals surface area contributed by atoms with Crippen LogP contribution in [0.1, 0.15) is 40.8 Å². The molecule has 682 valence electrons. The fourth-order valence-corrected chi connectivity index (χ4v) is 27.2. The molecule has 10 aliphatic rings. The molecule has 0 saturated heterocycles. The van der Waals surface area contributed by atoms with Crippen molar-refractivity contribution in [2.45, 2.75) is 46.3 Å². The third kappa shape index (κ3) is 14.0. The Labute approximate surface area is 858 Å². The molecule has 0 aromatic heterocycles. The molecule has 0 spiro atoms. The highest BCUT2D eigenvalue weighted by Gasteiger charge is 2.48. The van der Waals surface area contributed by atoms with Gasteiger partial charge in [0.2, 0.25) is 6.71 Å². The summed E-state index contributed by atoms with van der Waals surface area (Å²) in [5.41, 5.74) is 52.3. The van der Waals surface area contributed by atoms with Crippen molar-refractivity contribution in [2.24, 2.45) is 0 Å². The zero-order chi connectivity index (χ0) is 95.0. The first kappa shape index (κ1) is 85.5. The Kier molecular flexibility index (Phi) is 20.2. The Balaban J connectivity index is 0.000000104. The molecule has 0 N–H and O–H groups in total. The molecule has 0 fully saturated rings. The molecule has 146 heavy (non-hydrogen) atoms. The van der Waals surface area contributed by atoms with Crippen LogP contribution in [0.15, 0.2) is 487 Å². The smallest absolute Gasteiger partial charge is 0.270 e. The van der Waals surface area contributed by atoms with E-state index >= 15 is 0 Å². The van der Waals surface area contributed by atoms with E-state index in [1.165, 1.54) is 203 Å². The van der Waals surface area contributed by atoms with E-state index in [0.717, 1.165) is 121 Å². The van der Waals surface area contributed by atoms with E-state index in [1.54, 1.807) is 0 Å². The highest BCUT2D eigenvalue weighted by Crippen LogP contribution is 2.54. The van der Waals surface area contributed by atoms with Crippen LogP contribution in [0.3, 0.4) is 0 Å². The number of ether oxygens (including phenoxy) is 5. The first-order valence-electron chi connectivity index (χ1n) is 50.1. The fourth-order valence-electron chi connectivity index (χ4n) is 24.7. The topological polar surface area (TPSA) is 46.2 Å². The Morgan fingerprint density at radius 1 is 0.144 bits per heavy atom. The quantitative estimate of drug-likeness (QED) is 0.126. The van der Waals surface area contributed by atoms with Gasteiger partial charge in [0.15, 0.2) is 0 Å². The van der Waals surface area contributed by atoms with Crippen molar-refractivity contribution < 1.29 is 23.7 Å². The summed E-state index contributed by atoms with van der Waals surface area (Å²) in [5, 5.41) is 0. The molecule has 7 heterocycles. The molecule has 7 aliphatic heterocycles. The maximum atomic E-state index is 6.60. The van der Waals surface area contributed by atoms with Crippen molar-refractivity contribution in [3.63, 3.8) is 0 Å². The van der Waals surface area contributed by atoms with Crippen LogP contribution >= 0.6 is 23.5 Å². The van der Waals surface area contributed by atoms with Crippen molar-refractivity contribution in [2.75, 3.05) is 0 Å². The van der Waals surface area contributed by atoms with E-state index in [-0.39, 0.29) is 20.9 Å². The van der Waals surface area contributed by atoms with Gasteiger partial charge in [-0.2, -0.15) is 0 Å². The van der Waals surface area contributed by atoms with Crippen LogP contribution < -0.4 is 72.8 Å². The lowest BCUT2D eigenvalue weighted by Gasteiger charge is -2.37. The fraction of sp³-hybridized carbons (Fsp3) is 0.0294. The molecule has 22 aromatic carbocycles. The van der Waals surface area contributed by atoms with E-state index in [2.05, 4.69) is 419 Å². The lowest BCUT2D eigenvalue weighted by atomic mass is 9.34. The summed E-state index contributed by atoms with van der Waals surface area (Å²) in [4.78, 5) is 5.55. The van der Waals surface area contributed by atoms with Crippen molar-refractivity contribution in [3.8, 4) is 202 Å². The van der Waals surface area contributed by atoms with Gasteiger partial charge in [-0.25, -0.2) is 0 Å². The predicted octanol–water partition coefficient (Wildman–Crippen LogP) is 30.1. The molecule has 5 nitrogen and oxygen atoms in total. The van der Waals surface area contributed by atoms with Crippen LogP contribution in [0.2, 0.25) is 0 Å². The highest BCUT2D eigenvalue weighted by atomic mass is 32.2. The number of hydrogen-bond donors (Lipinski definition) is 0. The number of fused-ring (bicyclic) bond motifs is 17. The summed E-state index contributed by atoms with van der Waals surface area (Å²) in [6.45, 7) is 0.385. The monoisotopic (exact) mass is 1900 g/mol. The molecule has 10 heteroatoms. The first-order valence-corrected chi connectivity index (χ1v) is 51.7. The third-order valence-electron chi connectivity index (χ3n) is 31.2. The minimum atomic E-state index is 0. The van der Waals surface area contributed by atoms with Gasteiger partial charge in [-0.15, -0.1) is 0 Å². The third-order valence-corrected chi connectivity index (χ3v) is 33.5. The average molecular weight is 1900 g/mol. The number of rotatable bonds is 10. The van der Waals surface area contributed by atoms with E-state index < -0.39 is 0 Å². The predicted molar refractivity (Wildman–Crippen MR) is 606 cm³/mol. The van der Waals surface area contributed by atoms with Gasteiger partial charge in [0.05, 0.1) is 0 Å². The van der Waals surface area contributed by atoms with Gasteiger partial charge in [0, 0.05) is 41.4 Å². The van der Waals surface area contributed by atoms with Crippen LogP contribution in [0.5, 0.6) is 57.5 Å². The van der Waals surface area contributed by atoms with Gasteiger partial charge in [-0.1, -0.05) is 400 Å². The second-order valence-corrected chi connectivity index (χ2v) is 41.3. The van der Waals surface area contributed by atoms with Gasteiger partial charge >= 0.3 is 0 Å². The van der Waals surface area contributed by atoms with Crippen molar-refractivity contribution in [1.82, 2.24) is 0 Å². The number of para-hydroxylation sites is 2. The Morgan fingerprint density at radius 3 is 0.781 bits per heavy atom. The van der Waals surface area contributed by atoms with E-state index in [4.69, 9.17) is 23.7 Å². The van der Waals surface area contributed by atoms with Crippen LogP contribution in [-0.4, -0.2) is 20.1 Å². The molecule has 0 bridgehead atoms. The molecule has 22 aromatic rings. The van der Waals surface area contributed by atoms with Crippen molar-refractivity contribution >= 4 is 92.8 Å². The van der Waals surface area contributed by atoms with Gasteiger partial charge < -0.3 is 23.7 Å². The Bertz CT molecular complexity index is 8970. The van der Waals surface area contributed by atoms with Gasteiger partial charge in [0.1, 0.15) is 57.5 Å². The molecule has 0 amide bonds. The van der Waals surface area contributed by atoms with Crippen molar-refractivity contribution in [3.05, 3.63) is 500 Å². The van der Waals surface area contributed by atoms with E-state index in [1.807, 2.05) is 72.1 Å². The standard InChI is InChI=1S/C49H29BO3.C49H31BO2.C37H23BS2.CH4/c1-3-10-29(11-4-1)33-24-37(31-12-5-2-6-13-31)40-28-39-35(14-7-15-36(39)38(40)25-33)32-22-20-30(21-23-32)34-26-45-49-46(27-34)53-44-19-9-17-42-48(44)50(49)47-41(51-42)16-8-18-43(47)52-45;1-3-12-31(13-4-1)35-26-39(42-30-41-37(33-14-5-2-6-15-33)16-11-17-38(41)40(42)27-35)34-24-22-32(23-25-34)36-28-47-49-48(29-36)52-46-21-10-8-19-44(46)50(49)43-18-7-9-20-45(43)51-47;1-2-10-23(11-3-1)25-12-8-14-27-28-15-9-13-26(30(28)22-29(25)27)24-20-35-37-36(21-24)40-34-19-7-5-17-32(34)38(37)31-16-4-6-18-33(31)39-35;/h1-27H,28H2;1-29H,30H2;1-21H,22H2;1H4. The van der Waals surface area contributed by atoms with E-state index in [0.29, 0.717) is 6.71 Å². The zero-order valence-corrected chi connectivity index (χ0v) is 80.3. The van der Waals surface area contributed by atoms with Crippen LogP contribution in [0, 0.1) is 0 Å². The van der Waals surface area contributed by atoms with Gasteiger partial charge in [0.25, 0.3) is 13.4 Å². The second kappa shape index (κ2) is 34.5. The summed E-state index contributed by atoms with van der Waals surface area (Å²) in [7, 11) is 0. The largest absolute Gasteiger partial charge is 0.458 e. The minimum absolute atomic E-state index is 0. The summed E-state index contributed by atoms with van der Waals surface area (Å²) in [6.07, 6.45) is 2.76. The van der Waals surface area contributed by atoms with Crippen LogP contribution in [-0.2, 0) is 19.3 Å². The zero-order valence-electron chi connectivity index (χ0n) is 78.7. The molecule has 32 rings (SSSR count). The highest BCUT2D eigenvalue weighted by molar-refractivity contribution is 8.01. The minimum Gasteiger partial charge on any atom is -0.458 e. The van der Waals surface area contributed by atoms with E-state index in [9.17, 15) is 0 Å². The normalized spacial score (nSPS) is 13.1. The lowest BCUT2D eigenvalue weighted by Crippen LogP contribution is -2.59. The summed E-state index contributed by atoms with van der Waals surface area (Å²) in [5.74, 6) is 8.56. The molecule has 0 radical (unpaired) electrons. The summed E-state index contributed by atoms with van der Waals surface area (Å²) in [6, 6.07) is 169. The SMILES string of the molecule is C.c1ccc(-c2cc(-c3ccc(-c4cc5c6c(c4)Oc4ccccc4B6c4ccccc4O5)cc3)c3c(c2)-c2cccc(-c4ccccc4)c2C3)cc1.c1ccc(-c2cc(-c3ccccc3)c3c(c2)-c2cccc(-c4ccc(-c5cc6c7c(c5)Oc5cccc8c5B7c5c(cccc5O6)O8)cc4)c2C3)cc1.c1ccc(-c2cccc3c2Cc2c(-c4cc5c6c(c4)Sc4ccccc4B6c4ccccc4S5)cccc2-3)cc1. The first-order chi connectivity index (χ1) is 71.8. The molecule has 3 aliphatic carbocycles. The second-order valence-electron chi connectivity index (χ2n) is 39.1.